The molecule has 0 spiro atoms. The van der Waals surface area contributed by atoms with E-state index in [4.69, 9.17) is 0 Å². The molecule has 0 aromatic carbocycles. The first-order valence-corrected chi connectivity index (χ1v) is 4.33. The van der Waals surface area contributed by atoms with Gasteiger partial charge in [0.1, 0.15) is 12.6 Å². The van der Waals surface area contributed by atoms with E-state index >= 15 is 0 Å². The van der Waals surface area contributed by atoms with Gasteiger partial charge in [0.15, 0.2) is 0 Å². The summed E-state index contributed by atoms with van der Waals surface area (Å²) in [5.41, 5.74) is 2.45. The minimum Gasteiger partial charge on any atom is -0.458 e. The van der Waals surface area contributed by atoms with Gasteiger partial charge < -0.3 is 10.2 Å². The first kappa shape index (κ1) is 11.6. The number of nitrogens with zero attached hydrogens (tertiary/aromatic N) is 1. The van der Waals surface area contributed by atoms with Crippen molar-refractivity contribution in [2.45, 2.75) is 12.5 Å². The smallest absolute Gasteiger partial charge is 0.337 e. The summed E-state index contributed by atoms with van der Waals surface area (Å²) in [4.78, 5) is 11.3. The predicted octanol–water partition coefficient (Wildman–Crippen LogP) is 0.683. The molecule has 0 aromatic heterocycles. The van der Waals surface area contributed by atoms with Gasteiger partial charge in [0.25, 0.3) is 6.43 Å². The molecule has 0 bridgehead atoms. The first-order chi connectivity index (χ1) is 7.07. The van der Waals surface area contributed by atoms with Crippen LogP contribution in [0.3, 0.4) is 0 Å². The Kier molecular flexibility index (Phi) is 3.79. The molecule has 0 amide bonds. The molecule has 6 heteroatoms. The Bertz CT molecular complexity index is 292. The molecule has 1 unspecified atom stereocenters. The van der Waals surface area contributed by atoms with Gasteiger partial charge in [0.05, 0.1) is 5.57 Å². The number of esters is 1. The van der Waals surface area contributed by atoms with Crippen LogP contribution in [0.1, 0.15) is 0 Å². The third-order valence-corrected chi connectivity index (χ3v) is 1.97. The molecule has 1 rings (SSSR count). The maximum Gasteiger partial charge on any atom is 0.337 e. The van der Waals surface area contributed by atoms with Crippen LogP contribution >= 0.6 is 0 Å². The second-order valence-corrected chi connectivity index (χ2v) is 3.01. The van der Waals surface area contributed by atoms with Gasteiger partial charge in [-0.1, -0.05) is 12.7 Å². The summed E-state index contributed by atoms with van der Waals surface area (Å²) in [7, 11) is 1.43. The number of hydrogen-bond acceptors (Lipinski definition) is 4. The van der Waals surface area contributed by atoms with E-state index in [0.717, 1.165) is 5.01 Å². The Morgan fingerprint density at radius 1 is 1.87 bits per heavy atom. The minimum atomic E-state index is -2.65. The summed E-state index contributed by atoms with van der Waals surface area (Å²) >= 11 is 0. The second-order valence-electron chi connectivity index (χ2n) is 3.01. The average Bonchev–Trinajstić information content (AvgIpc) is 2.56. The van der Waals surface area contributed by atoms with Crippen LogP contribution < -0.4 is 5.43 Å². The predicted molar refractivity (Wildman–Crippen MR) is 49.9 cm³/mol. The molecular formula is C9H12F2N2O2. The number of halogens is 2. The average molecular weight is 218 g/mol. The first-order valence-electron chi connectivity index (χ1n) is 4.33. The highest BCUT2D eigenvalue weighted by atomic mass is 19.3. The van der Waals surface area contributed by atoms with Crippen molar-refractivity contribution in [3.8, 4) is 0 Å². The fourth-order valence-corrected chi connectivity index (χ4v) is 1.25. The number of ether oxygens (including phenoxy) is 1. The zero-order chi connectivity index (χ0) is 11.4. The van der Waals surface area contributed by atoms with Gasteiger partial charge in [-0.2, -0.15) is 0 Å². The van der Waals surface area contributed by atoms with Crippen molar-refractivity contribution in [2.24, 2.45) is 0 Å². The molecule has 15 heavy (non-hydrogen) atoms. The summed E-state index contributed by atoms with van der Waals surface area (Å²) in [5.74, 6) is -0.753. The molecule has 84 valence electrons. The summed E-state index contributed by atoms with van der Waals surface area (Å²) in [6.45, 7) is 3.37. The molecule has 1 aliphatic heterocycles. The fourth-order valence-electron chi connectivity index (χ4n) is 1.25. The summed E-state index contributed by atoms with van der Waals surface area (Å²) in [5, 5.41) is 1.16. The lowest BCUT2D eigenvalue weighted by atomic mass is 10.1. The van der Waals surface area contributed by atoms with Crippen molar-refractivity contribution in [2.75, 3.05) is 13.7 Å². The molecule has 4 nitrogen and oxygen atoms in total. The Hall–Kier alpha value is -1.43. The lowest BCUT2D eigenvalue weighted by molar-refractivity contribution is -0.139. The van der Waals surface area contributed by atoms with Crippen LogP contribution in [0.4, 0.5) is 8.78 Å². The van der Waals surface area contributed by atoms with Crippen LogP contribution in [0.5, 0.6) is 0 Å². The quantitative estimate of drug-likeness (QED) is 0.556. The monoisotopic (exact) mass is 218 g/mol. The minimum absolute atomic E-state index is 0.00977. The lowest BCUT2D eigenvalue weighted by Crippen LogP contribution is -2.40. The number of hydrogen-bond donors (Lipinski definition) is 1. The SMILES string of the molecule is C=CCOC(=O)C1=CNN(C)C1C(F)F. The van der Waals surface area contributed by atoms with E-state index in [1.807, 2.05) is 0 Å². The van der Waals surface area contributed by atoms with Crippen LogP contribution in [0.2, 0.25) is 0 Å². The number of rotatable bonds is 4. The molecule has 1 aliphatic rings. The standard InChI is InChI=1S/C9H12F2N2O2/c1-3-4-15-9(14)6-5-12-13(2)7(6)8(10)11/h3,5,7-8,12H,1,4H2,2H3. The van der Waals surface area contributed by atoms with Gasteiger partial charge in [-0.25, -0.2) is 18.6 Å². The molecule has 1 atom stereocenters. The molecule has 0 radical (unpaired) electrons. The van der Waals surface area contributed by atoms with E-state index in [9.17, 15) is 13.6 Å². The molecule has 1 heterocycles. The van der Waals surface area contributed by atoms with E-state index in [0.29, 0.717) is 0 Å². The number of likely N-dealkylation sites (N-methyl/N-ethyl adjacent to an activating group) is 1. The molecule has 0 fully saturated rings. The normalized spacial score (nSPS) is 21.1. The van der Waals surface area contributed by atoms with Crippen molar-refractivity contribution in [1.29, 1.82) is 0 Å². The highest BCUT2D eigenvalue weighted by Crippen LogP contribution is 2.21. The fraction of sp³-hybridized carbons (Fsp3) is 0.444. The summed E-state index contributed by atoms with van der Waals surface area (Å²) < 4.78 is 29.8. The van der Waals surface area contributed by atoms with Crippen LogP contribution in [-0.4, -0.2) is 37.1 Å². The Morgan fingerprint density at radius 2 is 2.53 bits per heavy atom. The molecule has 0 saturated carbocycles. The van der Waals surface area contributed by atoms with Gasteiger partial charge in [-0.3, -0.25) is 0 Å². The van der Waals surface area contributed by atoms with Crippen molar-refractivity contribution in [3.63, 3.8) is 0 Å². The number of carbonyl (C=O) groups is 1. The summed E-state index contributed by atoms with van der Waals surface area (Å²) in [6.07, 6.45) is -0.0444. The van der Waals surface area contributed by atoms with E-state index < -0.39 is 18.4 Å². The topological polar surface area (TPSA) is 41.6 Å². The van der Waals surface area contributed by atoms with E-state index in [2.05, 4.69) is 16.7 Å². The molecule has 0 saturated heterocycles. The van der Waals surface area contributed by atoms with Crippen LogP contribution in [0, 0.1) is 0 Å². The van der Waals surface area contributed by atoms with Gasteiger partial charge in [-0.05, 0) is 0 Å². The molecule has 0 aromatic rings. The van der Waals surface area contributed by atoms with Gasteiger partial charge in [0.2, 0.25) is 0 Å². The van der Waals surface area contributed by atoms with Gasteiger partial charge >= 0.3 is 5.97 Å². The van der Waals surface area contributed by atoms with Crippen molar-refractivity contribution in [1.82, 2.24) is 10.4 Å². The Balaban J connectivity index is 2.68. The van der Waals surface area contributed by atoms with Crippen LogP contribution in [0.25, 0.3) is 0 Å². The lowest BCUT2D eigenvalue weighted by Gasteiger charge is -2.20. The highest BCUT2D eigenvalue weighted by Gasteiger charge is 2.37. The third kappa shape index (κ3) is 2.53. The zero-order valence-corrected chi connectivity index (χ0v) is 8.24. The van der Waals surface area contributed by atoms with Gasteiger partial charge in [0, 0.05) is 13.2 Å². The number of carbonyl (C=O) groups excluding carboxylic acids is 1. The number of hydrazine groups is 1. The number of nitrogens with one attached hydrogen (secondary N) is 1. The molecule has 0 aliphatic carbocycles. The Labute approximate surface area is 86.2 Å². The maximum absolute atomic E-state index is 12.6. The van der Waals surface area contributed by atoms with E-state index in [1.165, 1.54) is 19.3 Å². The van der Waals surface area contributed by atoms with Crippen LogP contribution in [-0.2, 0) is 9.53 Å². The third-order valence-electron chi connectivity index (χ3n) is 1.97. The van der Waals surface area contributed by atoms with Crippen LogP contribution in [0.15, 0.2) is 24.4 Å². The highest BCUT2D eigenvalue weighted by molar-refractivity contribution is 5.90. The van der Waals surface area contributed by atoms with Crippen molar-refractivity contribution < 1.29 is 18.3 Å². The van der Waals surface area contributed by atoms with Crippen molar-refractivity contribution >= 4 is 5.97 Å². The van der Waals surface area contributed by atoms with E-state index in [-0.39, 0.29) is 12.2 Å². The number of alkyl halides is 2. The molecule has 1 N–H and O–H groups in total. The van der Waals surface area contributed by atoms with E-state index in [1.54, 1.807) is 0 Å². The van der Waals surface area contributed by atoms with Gasteiger partial charge in [-0.15, -0.1) is 0 Å². The van der Waals surface area contributed by atoms with Crippen molar-refractivity contribution in [3.05, 3.63) is 24.4 Å². The molecular weight excluding hydrogens is 206 g/mol. The summed E-state index contributed by atoms with van der Waals surface area (Å²) in [6, 6.07) is -1.26. The maximum atomic E-state index is 12.6. The Morgan fingerprint density at radius 3 is 3.07 bits per heavy atom. The zero-order valence-electron chi connectivity index (χ0n) is 8.24. The second kappa shape index (κ2) is 4.88. The largest absolute Gasteiger partial charge is 0.458 e.